The first-order chi connectivity index (χ1) is 7.11. The van der Waals surface area contributed by atoms with E-state index in [2.05, 4.69) is 20.2 Å². The van der Waals surface area contributed by atoms with Crippen molar-refractivity contribution in [2.75, 3.05) is 4.72 Å². The molecule has 1 aromatic heterocycles. The monoisotopic (exact) mass is 241 g/mol. The van der Waals surface area contributed by atoms with Gasteiger partial charge < -0.3 is 0 Å². The van der Waals surface area contributed by atoms with E-state index >= 15 is 0 Å². The summed E-state index contributed by atoms with van der Waals surface area (Å²) < 4.78 is 32.3. The largest absolute Gasteiger partial charge is 0.341 e. The molecule has 15 heavy (non-hydrogen) atoms. The van der Waals surface area contributed by atoms with Crippen molar-refractivity contribution < 1.29 is 8.42 Å². The number of hydrogen-bond donors (Lipinski definition) is 1. The van der Waals surface area contributed by atoms with Crippen molar-refractivity contribution in [2.24, 2.45) is 4.40 Å². The number of fused-ring (bicyclic) bond motifs is 1. The lowest BCUT2D eigenvalue weighted by atomic mass is 10.2. The van der Waals surface area contributed by atoms with Crippen molar-refractivity contribution >= 4 is 44.2 Å². The Labute approximate surface area is 90.8 Å². The van der Waals surface area contributed by atoms with Crippen LogP contribution in [0, 0.1) is 0 Å². The van der Waals surface area contributed by atoms with E-state index in [0.717, 1.165) is 10.1 Å². The molecule has 2 aromatic rings. The second-order valence-electron chi connectivity index (χ2n) is 2.78. The van der Waals surface area contributed by atoms with E-state index < -0.39 is 10.2 Å². The minimum atomic E-state index is -3.68. The molecule has 1 heterocycles. The van der Waals surface area contributed by atoms with Crippen molar-refractivity contribution in [2.45, 2.75) is 0 Å². The van der Waals surface area contributed by atoms with Gasteiger partial charge in [-0.1, -0.05) is 0 Å². The summed E-state index contributed by atoms with van der Waals surface area (Å²) in [6.07, 6.45) is 1.73. The molecule has 0 unspecified atom stereocenters. The zero-order valence-corrected chi connectivity index (χ0v) is 9.18. The lowest BCUT2D eigenvalue weighted by molar-refractivity contribution is 0.603. The van der Waals surface area contributed by atoms with Crippen molar-refractivity contribution in [1.29, 1.82) is 0 Å². The Morgan fingerprint density at radius 1 is 1.47 bits per heavy atom. The van der Waals surface area contributed by atoms with Gasteiger partial charge in [-0.3, -0.25) is 4.72 Å². The highest BCUT2D eigenvalue weighted by Gasteiger charge is 2.06. The van der Waals surface area contributed by atoms with Crippen LogP contribution in [0.15, 0.2) is 28.8 Å². The van der Waals surface area contributed by atoms with Gasteiger partial charge >= 0.3 is 10.2 Å². The van der Waals surface area contributed by atoms with Gasteiger partial charge in [-0.2, -0.15) is 17.2 Å². The molecular weight excluding hydrogens is 234 g/mol. The number of anilines is 1. The van der Waals surface area contributed by atoms with Crippen LogP contribution >= 0.6 is 11.5 Å². The lowest BCUT2D eigenvalue weighted by Gasteiger charge is -2.02. The molecule has 0 atom stereocenters. The first-order valence-electron chi connectivity index (χ1n) is 3.96. The molecule has 0 radical (unpaired) electrons. The highest BCUT2D eigenvalue weighted by Crippen LogP contribution is 2.22. The quantitative estimate of drug-likeness (QED) is 0.830. The third-order valence-electron chi connectivity index (χ3n) is 1.77. The van der Waals surface area contributed by atoms with Crippen LogP contribution in [0.4, 0.5) is 5.69 Å². The van der Waals surface area contributed by atoms with Crippen LogP contribution < -0.4 is 4.72 Å². The van der Waals surface area contributed by atoms with Crippen molar-refractivity contribution in [1.82, 2.24) is 4.37 Å². The summed E-state index contributed by atoms with van der Waals surface area (Å²) >= 11 is 1.30. The van der Waals surface area contributed by atoms with Crippen LogP contribution in [-0.4, -0.2) is 19.5 Å². The van der Waals surface area contributed by atoms with Gasteiger partial charge in [0.1, 0.15) is 0 Å². The van der Waals surface area contributed by atoms with Gasteiger partial charge in [0, 0.05) is 18.3 Å². The van der Waals surface area contributed by atoms with Gasteiger partial charge in [-0.05, 0) is 29.7 Å². The maximum Gasteiger partial charge on any atom is 0.341 e. The van der Waals surface area contributed by atoms with E-state index in [1.165, 1.54) is 11.5 Å². The maximum absolute atomic E-state index is 11.1. The average Bonchev–Trinajstić information content (AvgIpc) is 2.64. The minimum Gasteiger partial charge on any atom is -0.265 e. The molecule has 5 nitrogen and oxygen atoms in total. The van der Waals surface area contributed by atoms with Crippen LogP contribution in [0.1, 0.15) is 0 Å². The van der Waals surface area contributed by atoms with Crippen LogP contribution in [-0.2, 0) is 10.2 Å². The number of nitrogens with zero attached hydrogens (tertiary/aromatic N) is 2. The molecule has 78 valence electrons. The molecule has 0 aliphatic heterocycles. The first-order valence-corrected chi connectivity index (χ1v) is 6.17. The van der Waals surface area contributed by atoms with Crippen molar-refractivity contribution in [3.63, 3.8) is 0 Å². The maximum atomic E-state index is 11.1. The molecule has 0 spiro atoms. The molecule has 7 heteroatoms. The highest BCUT2D eigenvalue weighted by atomic mass is 32.2. The number of nitrogens with one attached hydrogen (secondary N) is 1. The topological polar surface area (TPSA) is 71.4 Å². The molecular formula is C8H7N3O2S2. The van der Waals surface area contributed by atoms with Gasteiger partial charge in [0.2, 0.25) is 0 Å². The Kier molecular flexibility index (Phi) is 2.41. The van der Waals surface area contributed by atoms with Crippen LogP contribution in [0.25, 0.3) is 10.1 Å². The Balaban J connectivity index is 2.41. The van der Waals surface area contributed by atoms with E-state index in [1.807, 2.05) is 0 Å². The van der Waals surface area contributed by atoms with Crippen LogP contribution in [0.2, 0.25) is 0 Å². The molecule has 0 saturated carbocycles. The van der Waals surface area contributed by atoms with Gasteiger partial charge in [-0.15, -0.1) is 0 Å². The predicted molar refractivity (Wildman–Crippen MR) is 61.7 cm³/mol. The van der Waals surface area contributed by atoms with Crippen LogP contribution in [0.3, 0.4) is 0 Å². The molecule has 0 bridgehead atoms. The summed E-state index contributed by atoms with van der Waals surface area (Å²) in [5.74, 6) is 0. The molecule has 2 rings (SSSR count). The Bertz CT molecular complexity index is 603. The zero-order chi connectivity index (χ0) is 10.9. The summed E-state index contributed by atoms with van der Waals surface area (Å²) in [6.45, 7) is 2.97. The Morgan fingerprint density at radius 3 is 3.00 bits per heavy atom. The summed E-state index contributed by atoms with van der Waals surface area (Å²) in [7, 11) is -3.68. The number of benzene rings is 1. The third kappa shape index (κ3) is 2.13. The Morgan fingerprint density at radius 2 is 2.27 bits per heavy atom. The predicted octanol–water partition coefficient (Wildman–Crippen LogP) is 1.65. The molecule has 0 aliphatic carbocycles. The number of hydrogen-bond acceptors (Lipinski definition) is 4. The van der Waals surface area contributed by atoms with Gasteiger partial charge in [0.25, 0.3) is 0 Å². The zero-order valence-electron chi connectivity index (χ0n) is 7.54. The van der Waals surface area contributed by atoms with Gasteiger partial charge in [0.05, 0.1) is 10.4 Å². The van der Waals surface area contributed by atoms with E-state index in [1.54, 1.807) is 24.4 Å². The molecule has 0 aliphatic rings. The number of rotatable bonds is 3. The summed E-state index contributed by atoms with van der Waals surface area (Å²) in [6, 6.07) is 5.15. The summed E-state index contributed by atoms with van der Waals surface area (Å²) in [4.78, 5) is 0. The second-order valence-corrected chi connectivity index (χ2v) is 5.03. The standard InChI is InChI=1S/C8H7N3O2S2/c1-9-15(12,13)11-7-3-2-6-5-10-14-8(6)4-7/h2-5,11H,1H2. The van der Waals surface area contributed by atoms with Gasteiger partial charge in [0.15, 0.2) is 0 Å². The summed E-state index contributed by atoms with van der Waals surface area (Å²) in [5, 5.41) is 0.981. The average molecular weight is 241 g/mol. The minimum absolute atomic E-state index is 0.458. The second kappa shape index (κ2) is 3.59. The first kappa shape index (κ1) is 10.1. The SMILES string of the molecule is C=NS(=O)(=O)Nc1ccc2cnsc2c1. The van der Waals surface area contributed by atoms with E-state index in [4.69, 9.17) is 0 Å². The molecule has 0 saturated heterocycles. The van der Waals surface area contributed by atoms with E-state index in [-0.39, 0.29) is 0 Å². The highest BCUT2D eigenvalue weighted by molar-refractivity contribution is 7.91. The van der Waals surface area contributed by atoms with Crippen LogP contribution in [0.5, 0.6) is 0 Å². The molecule has 1 aromatic carbocycles. The fourth-order valence-electron chi connectivity index (χ4n) is 1.10. The molecule has 0 fully saturated rings. The van der Waals surface area contributed by atoms with E-state index in [9.17, 15) is 8.42 Å². The lowest BCUT2D eigenvalue weighted by Crippen LogP contribution is -2.08. The van der Waals surface area contributed by atoms with E-state index in [0.29, 0.717) is 5.69 Å². The van der Waals surface area contributed by atoms with Crippen molar-refractivity contribution in [3.8, 4) is 0 Å². The third-order valence-corrected chi connectivity index (χ3v) is 3.37. The van der Waals surface area contributed by atoms with Gasteiger partial charge in [-0.25, -0.2) is 0 Å². The Hall–Kier alpha value is -1.47. The number of aromatic nitrogens is 1. The fraction of sp³-hybridized carbons (Fsp3) is 0. The molecule has 1 N–H and O–H groups in total. The van der Waals surface area contributed by atoms with Crippen molar-refractivity contribution in [3.05, 3.63) is 24.4 Å². The molecule has 0 amide bonds. The summed E-state index contributed by atoms with van der Waals surface area (Å²) in [5.41, 5.74) is 0.458. The normalized spacial score (nSPS) is 11.5. The smallest absolute Gasteiger partial charge is 0.265 e. The fourth-order valence-corrected chi connectivity index (χ4v) is 2.28.